The van der Waals surface area contributed by atoms with Crippen LogP contribution in [-0.2, 0) is 4.74 Å². The van der Waals surface area contributed by atoms with Crippen molar-refractivity contribution < 1.29 is 4.74 Å². The smallest absolute Gasteiger partial charge is 0.0622 e. The monoisotopic (exact) mass is 185 g/mol. The normalized spacial score (nSPS) is 28.8. The van der Waals surface area contributed by atoms with E-state index in [9.17, 15) is 0 Å². The molecule has 0 aliphatic heterocycles. The third kappa shape index (κ3) is 3.65. The van der Waals surface area contributed by atoms with Crippen molar-refractivity contribution in [3.8, 4) is 0 Å². The van der Waals surface area contributed by atoms with E-state index >= 15 is 0 Å². The fourth-order valence-corrected chi connectivity index (χ4v) is 1.82. The fourth-order valence-electron chi connectivity index (χ4n) is 1.82. The predicted molar refractivity (Wildman–Crippen MR) is 55.8 cm³/mol. The van der Waals surface area contributed by atoms with Gasteiger partial charge in [-0.1, -0.05) is 13.8 Å². The maximum Gasteiger partial charge on any atom is 0.0622 e. The van der Waals surface area contributed by atoms with Gasteiger partial charge in [0.2, 0.25) is 0 Å². The van der Waals surface area contributed by atoms with Gasteiger partial charge in [0.25, 0.3) is 0 Å². The lowest BCUT2D eigenvalue weighted by atomic mass is 10.1. The highest BCUT2D eigenvalue weighted by atomic mass is 16.5. The first-order chi connectivity index (χ1) is 6.29. The maximum absolute atomic E-state index is 5.48. The van der Waals surface area contributed by atoms with E-state index in [4.69, 9.17) is 4.74 Å². The standard InChI is InChI=1S/C11H23NO/c1-4-6-12-11(8-13-5-2)10-7-9(10)3/h9-12H,4-8H2,1-3H3. The molecule has 1 fully saturated rings. The minimum atomic E-state index is 0.606. The van der Waals surface area contributed by atoms with Gasteiger partial charge in [-0.25, -0.2) is 0 Å². The number of nitrogens with one attached hydrogen (secondary N) is 1. The third-order valence-electron chi connectivity index (χ3n) is 2.85. The van der Waals surface area contributed by atoms with Crippen molar-refractivity contribution in [2.75, 3.05) is 19.8 Å². The first kappa shape index (κ1) is 11.0. The van der Waals surface area contributed by atoms with Crippen molar-refractivity contribution in [2.24, 2.45) is 11.8 Å². The largest absolute Gasteiger partial charge is 0.380 e. The highest BCUT2D eigenvalue weighted by Gasteiger charge is 2.38. The molecule has 0 heterocycles. The Labute approximate surface area is 82.0 Å². The Morgan fingerprint density at radius 1 is 1.46 bits per heavy atom. The van der Waals surface area contributed by atoms with Crippen LogP contribution in [0, 0.1) is 11.8 Å². The lowest BCUT2D eigenvalue weighted by molar-refractivity contribution is 0.115. The molecule has 0 saturated heterocycles. The zero-order chi connectivity index (χ0) is 9.68. The van der Waals surface area contributed by atoms with Crippen LogP contribution in [-0.4, -0.2) is 25.8 Å². The summed E-state index contributed by atoms with van der Waals surface area (Å²) < 4.78 is 5.48. The second-order valence-electron chi connectivity index (χ2n) is 4.10. The van der Waals surface area contributed by atoms with Crippen molar-refractivity contribution in [1.82, 2.24) is 5.32 Å². The van der Waals surface area contributed by atoms with Crippen LogP contribution in [0.5, 0.6) is 0 Å². The van der Waals surface area contributed by atoms with E-state index in [1.54, 1.807) is 0 Å². The topological polar surface area (TPSA) is 21.3 Å². The summed E-state index contributed by atoms with van der Waals surface area (Å²) in [6, 6.07) is 0.606. The van der Waals surface area contributed by atoms with Crippen LogP contribution in [0.3, 0.4) is 0 Å². The number of hydrogen-bond acceptors (Lipinski definition) is 2. The maximum atomic E-state index is 5.48. The molecule has 0 aromatic heterocycles. The molecule has 1 aliphatic rings. The molecule has 1 rings (SSSR count). The van der Waals surface area contributed by atoms with Crippen LogP contribution < -0.4 is 5.32 Å². The van der Waals surface area contributed by atoms with E-state index in [-0.39, 0.29) is 0 Å². The van der Waals surface area contributed by atoms with E-state index in [1.807, 2.05) is 0 Å². The van der Waals surface area contributed by atoms with Crippen molar-refractivity contribution >= 4 is 0 Å². The van der Waals surface area contributed by atoms with Gasteiger partial charge >= 0.3 is 0 Å². The second-order valence-corrected chi connectivity index (χ2v) is 4.10. The van der Waals surface area contributed by atoms with E-state index < -0.39 is 0 Å². The van der Waals surface area contributed by atoms with Crippen molar-refractivity contribution in [1.29, 1.82) is 0 Å². The van der Waals surface area contributed by atoms with Gasteiger partial charge in [-0.15, -0.1) is 0 Å². The first-order valence-electron chi connectivity index (χ1n) is 5.60. The van der Waals surface area contributed by atoms with Crippen molar-refractivity contribution in [2.45, 2.75) is 39.7 Å². The predicted octanol–water partition coefficient (Wildman–Crippen LogP) is 2.05. The molecule has 2 nitrogen and oxygen atoms in total. The van der Waals surface area contributed by atoms with E-state index in [1.165, 1.54) is 12.8 Å². The zero-order valence-electron chi connectivity index (χ0n) is 9.18. The van der Waals surface area contributed by atoms with Crippen molar-refractivity contribution in [3.05, 3.63) is 0 Å². The van der Waals surface area contributed by atoms with Gasteiger partial charge in [0.15, 0.2) is 0 Å². The minimum Gasteiger partial charge on any atom is -0.380 e. The Kier molecular flexibility index (Phi) is 4.74. The highest BCUT2D eigenvalue weighted by molar-refractivity contribution is 4.92. The average Bonchev–Trinajstić information content (AvgIpc) is 2.83. The van der Waals surface area contributed by atoms with Gasteiger partial charge in [0.05, 0.1) is 6.61 Å². The van der Waals surface area contributed by atoms with E-state index in [0.29, 0.717) is 6.04 Å². The Balaban J connectivity index is 2.18. The van der Waals surface area contributed by atoms with Gasteiger partial charge in [0.1, 0.15) is 0 Å². The molecule has 13 heavy (non-hydrogen) atoms. The number of ether oxygens (including phenoxy) is 1. The molecule has 0 spiro atoms. The van der Waals surface area contributed by atoms with Gasteiger partial charge in [-0.2, -0.15) is 0 Å². The molecule has 0 aromatic rings. The molecule has 3 unspecified atom stereocenters. The Morgan fingerprint density at radius 3 is 2.62 bits per heavy atom. The zero-order valence-corrected chi connectivity index (χ0v) is 9.18. The van der Waals surface area contributed by atoms with Crippen LogP contribution in [0.1, 0.15) is 33.6 Å². The van der Waals surface area contributed by atoms with Crippen LogP contribution in [0.15, 0.2) is 0 Å². The quantitative estimate of drug-likeness (QED) is 0.655. The molecule has 2 heteroatoms. The molecule has 0 aromatic carbocycles. The summed E-state index contributed by atoms with van der Waals surface area (Å²) in [5.74, 6) is 1.79. The molecule has 3 atom stereocenters. The summed E-state index contributed by atoms with van der Waals surface area (Å²) in [6.45, 7) is 9.46. The van der Waals surface area contributed by atoms with E-state index in [2.05, 4.69) is 26.1 Å². The van der Waals surface area contributed by atoms with E-state index in [0.717, 1.165) is 31.6 Å². The summed E-state index contributed by atoms with van der Waals surface area (Å²) in [5, 5.41) is 3.57. The second kappa shape index (κ2) is 5.61. The van der Waals surface area contributed by atoms with Gasteiger partial charge in [-0.3, -0.25) is 0 Å². The molecule has 0 radical (unpaired) electrons. The summed E-state index contributed by atoms with van der Waals surface area (Å²) >= 11 is 0. The van der Waals surface area contributed by atoms with Crippen LogP contribution >= 0.6 is 0 Å². The minimum absolute atomic E-state index is 0.606. The SMILES string of the molecule is CCCNC(COCC)C1CC1C. The Hall–Kier alpha value is -0.0800. The molecule has 1 aliphatic carbocycles. The van der Waals surface area contributed by atoms with Gasteiger partial charge in [0, 0.05) is 12.6 Å². The molecule has 78 valence electrons. The number of rotatable bonds is 7. The molecular weight excluding hydrogens is 162 g/mol. The molecule has 0 amide bonds. The number of hydrogen-bond donors (Lipinski definition) is 1. The molecular formula is C11H23NO. The highest BCUT2D eigenvalue weighted by Crippen LogP contribution is 2.40. The molecule has 0 bridgehead atoms. The van der Waals surface area contributed by atoms with Crippen LogP contribution in [0.2, 0.25) is 0 Å². The average molecular weight is 185 g/mol. The van der Waals surface area contributed by atoms with Crippen LogP contribution in [0.25, 0.3) is 0 Å². The van der Waals surface area contributed by atoms with Gasteiger partial charge < -0.3 is 10.1 Å². The lowest BCUT2D eigenvalue weighted by Gasteiger charge is -2.17. The molecule has 1 N–H and O–H groups in total. The Bertz CT molecular complexity index is 130. The van der Waals surface area contributed by atoms with Crippen LogP contribution in [0.4, 0.5) is 0 Å². The summed E-state index contributed by atoms with van der Waals surface area (Å²) in [4.78, 5) is 0. The first-order valence-corrected chi connectivity index (χ1v) is 5.60. The summed E-state index contributed by atoms with van der Waals surface area (Å²) in [6.07, 6.45) is 2.60. The van der Waals surface area contributed by atoms with Crippen molar-refractivity contribution in [3.63, 3.8) is 0 Å². The fraction of sp³-hybridized carbons (Fsp3) is 1.00. The summed E-state index contributed by atoms with van der Waals surface area (Å²) in [5.41, 5.74) is 0. The summed E-state index contributed by atoms with van der Waals surface area (Å²) in [7, 11) is 0. The lowest BCUT2D eigenvalue weighted by Crippen LogP contribution is -2.36. The third-order valence-corrected chi connectivity index (χ3v) is 2.85. The molecule has 1 saturated carbocycles. The van der Waals surface area contributed by atoms with Gasteiger partial charge in [-0.05, 0) is 38.1 Å². The Morgan fingerprint density at radius 2 is 2.15 bits per heavy atom.